The molecule has 1 aliphatic heterocycles. The second kappa shape index (κ2) is 9.02. The van der Waals surface area contributed by atoms with Crippen molar-refractivity contribution in [3.8, 4) is 23.1 Å². The van der Waals surface area contributed by atoms with E-state index in [1.807, 2.05) is 18.2 Å². The number of carbonyl (C=O) groups excluding carboxylic acids is 1. The zero-order valence-electron chi connectivity index (χ0n) is 18.7. The minimum atomic E-state index is -0.652. The molecule has 1 amide bonds. The largest absolute Gasteiger partial charge is 0.474 e. The third-order valence-electron chi connectivity index (χ3n) is 5.94. The van der Waals surface area contributed by atoms with Crippen LogP contribution in [0, 0.1) is 11.3 Å². The highest BCUT2D eigenvalue weighted by molar-refractivity contribution is 5.93. The monoisotopic (exact) mass is 455 g/mol. The van der Waals surface area contributed by atoms with Gasteiger partial charge in [0.1, 0.15) is 18.5 Å². The Morgan fingerprint density at radius 1 is 1.29 bits per heavy atom. The number of nitriles is 1. The molecule has 0 N–H and O–H groups in total. The van der Waals surface area contributed by atoms with Gasteiger partial charge in [-0.05, 0) is 53.8 Å². The quantitative estimate of drug-likeness (QED) is 0.532. The molecule has 5 rings (SSSR count). The summed E-state index contributed by atoms with van der Waals surface area (Å²) >= 11 is 0. The number of fused-ring (bicyclic) bond motifs is 1. The normalized spacial score (nSPS) is 13.9. The number of halogens is 1. The van der Waals surface area contributed by atoms with Crippen molar-refractivity contribution in [3.63, 3.8) is 0 Å². The van der Waals surface area contributed by atoms with E-state index in [2.05, 4.69) is 21.0 Å². The van der Waals surface area contributed by atoms with Gasteiger partial charge in [0.2, 0.25) is 5.88 Å². The van der Waals surface area contributed by atoms with Gasteiger partial charge in [-0.15, -0.1) is 0 Å². The van der Waals surface area contributed by atoms with Crippen LogP contribution in [0.4, 0.5) is 4.39 Å². The van der Waals surface area contributed by atoms with E-state index in [0.29, 0.717) is 35.8 Å². The van der Waals surface area contributed by atoms with Gasteiger partial charge < -0.3 is 9.64 Å². The number of nitrogens with zero attached hydrogens (tertiary/aromatic N) is 5. The third kappa shape index (κ3) is 4.25. The number of aromatic nitrogens is 2. The fourth-order valence-corrected chi connectivity index (χ4v) is 3.95. The predicted molar refractivity (Wildman–Crippen MR) is 124 cm³/mol. The van der Waals surface area contributed by atoms with E-state index in [1.54, 1.807) is 42.6 Å². The average Bonchev–Trinajstić information content (AvgIpc) is 3.54. The number of aliphatic imine (C=N–C) groups is 1. The SMILES string of the molecule is CN(Cc1cnc(CF)c2c1CN=C2)C(=O)c1ccc(-c2cccc(C#N)c2)c(OC2CC2)n1. The van der Waals surface area contributed by atoms with Crippen LogP contribution >= 0.6 is 0 Å². The number of ether oxygens (including phenoxy) is 1. The maximum Gasteiger partial charge on any atom is 0.272 e. The van der Waals surface area contributed by atoms with Crippen molar-refractivity contribution in [2.24, 2.45) is 4.99 Å². The summed E-state index contributed by atoms with van der Waals surface area (Å²) in [4.78, 5) is 27.8. The molecular weight excluding hydrogens is 433 g/mol. The zero-order valence-corrected chi connectivity index (χ0v) is 18.7. The lowest BCUT2D eigenvalue weighted by Crippen LogP contribution is -2.28. The van der Waals surface area contributed by atoms with Gasteiger partial charge in [0.15, 0.2) is 0 Å². The molecule has 2 aliphatic rings. The lowest BCUT2D eigenvalue weighted by Gasteiger charge is -2.20. The number of alkyl halides is 1. The molecule has 3 heterocycles. The molecule has 3 aromatic rings. The Morgan fingerprint density at radius 3 is 2.91 bits per heavy atom. The summed E-state index contributed by atoms with van der Waals surface area (Å²) in [7, 11) is 1.70. The number of hydrogen-bond acceptors (Lipinski definition) is 6. The molecule has 0 radical (unpaired) electrons. The first-order valence-corrected chi connectivity index (χ1v) is 11.1. The summed E-state index contributed by atoms with van der Waals surface area (Å²) < 4.78 is 19.3. The molecule has 170 valence electrons. The van der Waals surface area contributed by atoms with Gasteiger partial charge in [-0.1, -0.05) is 12.1 Å². The van der Waals surface area contributed by atoms with E-state index < -0.39 is 6.67 Å². The van der Waals surface area contributed by atoms with E-state index in [0.717, 1.165) is 35.1 Å². The fraction of sp³-hybridized carbons (Fsp3) is 0.269. The van der Waals surface area contributed by atoms with Crippen LogP contribution in [0.1, 0.15) is 51.3 Å². The van der Waals surface area contributed by atoms with Gasteiger partial charge in [0, 0.05) is 37.1 Å². The molecule has 34 heavy (non-hydrogen) atoms. The highest BCUT2D eigenvalue weighted by atomic mass is 19.1. The standard InChI is InChI=1S/C26H22FN5O2/c1-32(15-18-12-30-24(10-27)22-14-29-13-21(18)22)26(33)23-8-7-20(25(31-23)34-19-5-6-19)17-4-2-3-16(9-17)11-28/h2-4,7-9,12,14,19H,5-6,10,13,15H2,1H3. The molecule has 8 heteroatoms. The Kier molecular flexibility index (Phi) is 5.76. The topological polar surface area (TPSA) is 91.5 Å². The minimum Gasteiger partial charge on any atom is -0.474 e. The molecular formula is C26H22FN5O2. The Bertz CT molecular complexity index is 1340. The first-order valence-electron chi connectivity index (χ1n) is 11.1. The molecule has 1 aromatic carbocycles. The van der Waals surface area contributed by atoms with Crippen LogP contribution in [-0.4, -0.2) is 40.1 Å². The van der Waals surface area contributed by atoms with Crippen molar-refractivity contribution in [3.05, 3.63) is 76.2 Å². The predicted octanol–water partition coefficient (Wildman–Crippen LogP) is 4.23. The lowest BCUT2D eigenvalue weighted by atomic mass is 10.0. The summed E-state index contributed by atoms with van der Waals surface area (Å²) in [5.74, 6) is 0.125. The second-order valence-electron chi connectivity index (χ2n) is 8.45. The van der Waals surface area contributed by atoms with Crippen molar-refractivity contribution in [2.45, 2.75) is 38.7 Å². The number of pyridine rings is 2. The number of benzene rings is 1. The molecule has 0 unspecified atom stereocenters. The lowest BCUT2D eigenvalue weighted by molar-refractivity contribution is 0.0777. The van der Waals surface area contributed by atoms with Gasteiger partial charge in [-0.25, -0.2) is 9.37 Å². The van der Waals surface area contributed by atoms with Crippen molar-refractivity contribution in [2.75, 3.05) is 7.05 Å². The van der Waals surface area contributed by atoms with E-state index in [-0.39, 0.29) is 17.7 Å². The van der Waals surface area contributed by atoms with E-state index in [1.165, 1.54) is 0 Å². The van der Waals surface area contributed by atoms with Crippen LogP contribution in [0.25, 0.3) is 11.1 Å². The molecule has 7 nitrogen and oxygen atoms in total. The van der Waals surface area contributed by atoms with Crippen LogP contribution in [-0.2, 0) is 19.8 Å². The molecule has 0 atom stereocenters. The van der Waals surface area contributed by atoms with Crippen LogP contribution in [0.3, 0.4) is 0 Å². The minimum absolute atomic E-state index is 0.0937. The highest BCUT2D eigenvalue weighted by Crippen LogP contribution is 2.34. The number of rotatable bonds is 7. The van der Waals surface area contributed by atoms with Crippen molar-refractivity contribution >= 4 is 12.1 Å². The van der Waals surface area contributed by atoms with Crippen LogP contribution in [0.2, 0.25) is 0 Å². The summed E-state index contributed by atoms with van der Waals surface area (Å²) in [6, 6.07) is 12.8. The molecule has 0 saturated heterocycles. The number of hydrogen-bond donors (Lipinski definition) is 0. The second-order valence-corrected chi connectivity index (χ2v) is 8.45. The van der Waals surface area contributed by atoms with Crippen molar-refractivity contribution in [1.82, 2.24) is 14.9 Å². The maximum absolute atomic E-state index is 13.2. The average molecular weight is 455 g/mol. The zero-order chi connectivity index (χ0) is 23.7. The Labute approximate surface area is 196 Å². The Morgan fingerprint density at radius 2 is 2.15 bits per heavy atom. The summed E-state index contributed by atoms with van der Waals surface area (Å²) in [5.41, 5.74) is 5.17. The summed E-state index contributed by atoms with van der Waals surface area (Å²) in [5, 5.41) is 9.24. The van der Waals surface area contributed by atoms with Crippen molar-refractivity contribution < 1.29 is 13.9 Å². The molecule has 1 aliphatic carbocycles. The van der Waals surface area contributed by atoms with Crippen LogP contribution < -0.4 is 4.74 Å². The summed E-state index contributed by atoms with van der Waals surface area (Å²) in [6.45, 7) is 0.105. The number of amides is 1. The van der Waals surface area contributed by atoms with Crippen LogP contribution in [0.15, 0.2) is 47.6 Å². The molecule has 0 spiro atoms. The summed E-state index contributed by atoms with van der Waals surface area (Å²) in [6.07, 6.45) is 5.26. The van der Waals surface area contributed by atoms with Gasteiger partial charge in [-0.2, -0.15) is 5.26 Å². The maximum atomic E-state index is 13.2. The van der Waals surface area contributed by atoms with E-state index in [9.17, 15) is 14.4 Å². The fourth-order valence-electron chi connectivity index (χ4n) is 3.95. The first kappa shape index (κ1) is 21.7. The van der Waals surface area contributed by atoms with Crippen molar-refractivity contribution in [1.29, 1.82) is 5.26 Å². The van der Waals surface area contributed by atoms with E-state index in [4.69, 9.17) is 4.74 Å². The Hall–Kier alpha value is -4.12. The molecule has 1 fully saturated rings. The van der Waals surface area contributed by atoms with E-state index >= 15 is 0 Å². The molecule has 0 bridgehead atoms. The molecule has 2 aromatic heterocycles. The smallest absolute Gasteiger partial charge is 0.272 e. The van der Waals surface area contributed by atoms with Gasteiger partial charge in [0.25, 0.3) is 5.91 Å². The number of carbonyl (C=O) groups is 1. The van der Waals surface area contributed by atoms with Gasteiger partial charge in [-0.3, -0.25) is 14.8 Å². The highest BCUT2D eigenvalue weighted by Gasteiger charge is 2.27. The molecule has 1 saturated carbocycles. The first-order chi connectivity index (χ1) is 16.6. The van der Waals surface area contributed by atoms with Gasteiger partial charge in [0.05, 0.1) is 23.9 Å². The third-order valence-corrected chi connectivity index (χ3v) is 5.94. The Balaban J connectivity index is 1.42. The van der Waals surface area contributed by atoms with Gasteiger partial charge >= 0.3 is 0 Å². The van der Waals surface area contributed by atoms with Crippen LogP contribution in [0.5, 0.6) is 5.88 Å².